The van der Waals surface area contributed by atoms with Crippen molar-refractivity contribution in [3.8, 4) is 0 Å². The lowest BCUT2D eigenvalue weighted by atomic mass is 10.2. The summed E-state index contributed by atoms with van der Waals surface area (Å²) in [6, 6.07) is 6.20. The van der Waals surface area contributed by atoms with E-state index in [9.17, 15) is 9.59 Å². The molecule has 1 aromatic carbocycles. The third-order valence-corrected chi connectivity index (χ3v) is 3.12. The molecule has 0 aliphatic carbocycles. The van der Waals surface area contributed by atoms with Gasteiger partial charge in [0.25, 0.3) is 0 Å². The van der Waals surface area contributed by atoms with Gasteiger partial charge in [-0.2, -0.15) is 4.98 Å². The van der Waals surface area contributed by atoms with Gasteiger partial charge in [0.15, 0.2) is 0 Å². The Morgan fingerprint density at radius 2 is 1.81 bits per heavy atom. The van der Waals surface area contributed by atoms with Crippen LogP contribution >= 0.6 is 11.6 Å². The van der Waals surface area contributed by atoms with E-state index in [2.05, 4.69) is 15.0 Å². The van der Waals surface area contributed by atoms with Crippen LogP contribution in [0.2, 0.25) is 5.28 Å². The molecule has 0 bridgehead atoms. The lowest BCUT2D eigenvalue weighted by Gasteiger charge is -2.26. The second-order valence-electron chi connectivity index (χ2n) is 6.14. The highest BCUT2D eigenvalue weighted by atomic mass is 35.5. The topological polar surface area (TPSA) is 94.5 Å². The predicted octanol–water partition coefficient (Wildman–Crippen LogP) is 3.77. The number of hydrogen-bond acceptors (Lipinski definition) is 7. The first-order valence-corrected chi connectivity index (χ1v) is 8.24. The number of amides is 1. The summed E-state index contributed by atoms with van der Waals surface area (Å²) in [6.07, 6.45) is 0.498. The largest absolute Gasteiger partial charge is 0.462 e. The number of ether oxygens (including phenoxy) is 2. The molecule has 0 aliphatic rings. The van der Waals surface area contributed by atoms with Gasteiger partial charge >= 0.3 is 12.1 Å². The first kappa shape index (κ1) is 19.6. The molecule has 0 saturated heterocycles. The van der Waals surface area contributed by atoms with Crippen LogP contribution in [0, 0.1) is 0 Å². The Hall–Kier alpha value is -2.74. The summed E-state index contributed by atoms with van der Waals surface area (Å²) in [4.78, 5) is 37.2. The van der Waals surface area contributed by atoms with Crippen LogP contribution in [0.5, 0.6) is 0 Å². The Bertz CT molecular complexity index is 790. The fourth-order valence-corrected chi connectivity index (χ4v) is 2.07. The molecule has 0 spiro atoms. The molecule has 2 rings (SSSR count). The molecular weight excluding hydrogens is 360 g/mol. The summed E-state index contributed by atoms with van der Waals surface area (Å²) in [6.45, 7) is 7.23. The summed E-state index contributed by atoms with van der Waals surface area (Å²) >= 11 is 5.81. The highest BCUT2D eigenvalue weighted by molar-refractivity contribution is 6.28. The van der Waals surface area contributed by atoms with Crippen molar-refractivity contribution in [2.45, 2.75) is 33.3 Å². The van der Waals surface area contributed by atoms with Crippen LogP contribution in [-0.2, 0) is 9.47 Å². The number of anilines is 2. The Morgan fingerprint density at radius 1 is 1.15 bits per heavy atom. The van der Waals surface area contributed by atoms with Gasteiger partial charge in [0, 0.05) is 0 Å². The normalized spacial score (nSPS) is 11.0. The number of carbonyl (C=O) groups excluding carboxylic acids is 2. The number of rotatable bonds is 4. The van der Waals surface area contributed by atoms with Crippen molar-refractivity contribution in [1.29, 1.82) is 0 Å². The van der Waals surface area contributed by atoms with E-state index in [1.165, 1.54) is 18.5 Å². The Kier molecular flexibility index (Phi) is 6.10. The number of carbonyl (C=O) groups is 2. The molecule has 138 valence electrons. The van der Waals surface area contributed by atoms with Gasteiger partial charge in [-0.25, -0.2) is 24.5 Å². The van der Waals surface area contributed by atoms with E-state index < -0.39 is 17.7 Å². The molecule has 0 N–H and O–H groups in total. The number of halogens is 1. The van der Waals surface area contributed by atoms with Gasteiger partial charge in [-0.15, -0.1) is 0 Å². The molecule has 0 atom stereocenters. The number of nitrogens with zero attached hydrogens (tertiary/aromatic N) is 4. The van der Waals surface area contributed by atoms with Crippen LogP contribution < -0.4 is 4.90 Å². The second kappa shape index (κ2) is 8.09. The van der Waals surface area contributed by atoms with E-state index >= 15 is 0 Å². The average Bonchev–Trinajstić information content (AvgIpc) is 2.54. The van der Waals surface area contributed by atoms with Gasteiger partial charge in [-0.05, 0) is 63.6 Å². The lowest BCUT2D eigenvalue weighted by Crippen LogP contribution is -2.34. The number of benzene rings is 1. The van der Waals surface area contributed by atoms with Crippen molar-refractivity contribution in [3.05, 3.63) is 41.4 Å². The van der Waals surface area contributed by atoms with Gasteiger partial charge in [0.05, 0.1) is 17.9 Å². The quantitative estimate of drug-likeness (QED) is 0.747. The van der Waals surface area contributed by atoms with Crippen molar-refractivity contribution < 1.29 is 19.1 Å². The summed E-state index contributed by atoms with van der Waals surface area (Å²) in [5, 5.41) is -0.0632. The SMILES string of the molecule is CCOC(=O)c1ccc(N(C(=O)OC(C)(C)C)c2ncnc(Cl)n2)cc1. The molecular formula is C17H19ClN4O4. The molecule has 1 amide bonds. The van der Waals surface area contributed by atoms with Gasteiger partial charge in [-0.3, -0.25) is 0 Å². The van der Waals surface area contributed by atoms with Crippen molar-refractivity contribution in [1.82, 2.24) is 15.0 Å². The Labute approximate surface area is 156 Å². The highest BCUT2D eigenvalue weighted by Gasteiger charge is 2.27. The van der Waals surface area contributed by atoms with Crippen LogP contribution in [0.1, 0.15) is 38.1 Å². The van der Waals surface area contributed by atoms with E-state index in [0.29, 0.717) is 11.3 Å². The average molecular weight is 379 g/mol. The minimum atomic E-state index is -0.725. The molecule has 2 aromatic rings. The molecule has 0 unspecified atom stereocenters. The second-order valence-corrected chi connectivity index (χ2v) is 6.48. The maximum atomic E-state index is 12.7. The molecule has 8 nitrogen and oxygen atoms in total. The smallest absolute Gasteiger partial charge is 0.421 e. The zero-order valence-electron chi connectivity index (χ0n) is 14.9. The monoisotopic (exact) mass is 378 g/mol. The van der Waals surface area contributed by atoms with E-state index in [0.717, 1.165) is 4.90 Å². The highest BCUT2D eigenvalue weighted by Crippen LogP contribution is 2.26. The Balaban J connectivity index is 2.40. The van der Waals surface area contributed by atoms with Crippen LogP contribution in [0.15, 0.2) is 30.6 Å². The first-order chi connectivity index (χ1) is 12.2. The molecule has 0 fully saturated rings. The van der Waals surface area contributed by atoms with Crippen molar-refractivity contribution in [3.63, 3.8) is 0 Å². The van der Waals surface area contributed by atoms with Crippen LogP contribution in [0.25, 0.3) is 0 Å². The third-order valence-electron chi connectivity index (χ3n) is 2.94. The summed E-state index contributed by atoms with van der Waals surface area (Å²) < 4.78 is 10.4. The van der Waals surface area contributed by atoms with Gasteiger partial charge in [0.2, 0.25) is 11.2 Å². The minimum absolute atomic E-state index is 0.00290. The van der Waals surface area contributed by atoms with E-state index in [-0.39, 0.29) is 17.8 Å². The fourth-order valence-electron chi connectivity index (χ4n) is 1.95. The number of aromatic nitrogens is 3. The zero-order chi connectivity index (χ0) is 19.3. The van der Waals surface area contributed by atoms with Crippen LogP contribution in [-0.4, -0.2) is 39.2 Å². The van der Waals surface area contributed by atoms with Crippen molar-refractivity contribution in [2.75, 3.05) is 11.5 Å². The van der Waals surface area contributed by atoms with E-state index in [1.54, 1.807) is 39.8 Å². The molecule has 9 heteroatoms. The summed E-state index contributed by atoms with van der Waals surface area (Å²) in [5.41, 5.74) is 0.0276. The summed E-state index contributed by atoms with van der Waals surface area (Å²) in [7, 11) is 0. The maximum Gasteiger partial charge on any atom is 0.421 e. The summed E-state index contributed by atoms with van der Waals surface area (Å²) in [5.74, 6) is -0.450. The standard InChI is InChI=1S/C17H19ClN4O4/c1-5-25-13(23)11-6-8-12(9-7-11)22(16(24)26-17(2,3)4)15-20-10-19-14(18)21-15/h6-10H,5H2,1-4H3. The molecule has 1 aromatic heterocycles. The third kappa shape index (κ3) is 5.13. The number of esters is 1. The molecule has 0 radical (unpaired) electrons. The van der Waals surface area contributed by atoms with Crippen molar-refractivity contribution >= 4 is 35.3 Å². The number of hydrogen-bond donors (Lipinski definition) is 0. The molecule has 1 heterocycles. The van der Waals surface area contributed by atoms with E-state index in [1.807, 2.05) is 0 Å². The van der Waals surface area contributed by atoms with Gasteiger partial charge in [0.1, 0.15) is 11.9 Å². The minimum Gasteiger partial charge on any atom is -0.462 e. The maximum absolute atomic E-state index is 12.7. The van der Waals surface area contributed by atoms with Gasteiger partial charge < -0.3 is 9.47 Å². The van der Waals surface area contributed by atoms with Crippen LogP contribution in [0.3, 0.4) is 0 Å². The predicted molar refractivity (Wildman–Crippen MR) is 95.6 cm³/mol. The zero-order valence-corrected chi connectivity index (χ0v) is 15.6. The fraction of sp³-hybridized carbons (Fsp3) is 0.353. The van der Waals surface area contributed by atoms with E-state index in [4.69, 9.17) is 21.1 Å². The lowest BCUT2D eigenvalue weighted by molar-refractivity contribution is 0.0525. The molecule has 0 saturated carbocycles. The molecule has 26 heavy (non-hydrogen) atoms. The van der Waals surface area contributed by atoms with Gasteiger partial charge in [-0.1, -0.05) is 0 Å². The molecule has 0 aliphatic heterocycles. The van der Waals surface area contributed by atoms with Crippen LogP contribution in [0.4, 0.5) is 16.4 Å². The first-order valence-electron chi connectivity index (χ1n) is 7.86. The Morgan fingerprint density at radius 3 is 2.35 bits per heavy atom. The van der Waals surface area contributed by atoms with Crippen molar-refractivity contribution in [2.24, 2.45) is 0 Å².